The first-order chi connectivity index (χ1) is 8.45. The molecule has 0 spiro atoms. The van der Waals surface area contributed by atoms with Crippen LogP contribution in [0.3, 0.4) is 0 Å². The van der Waals surface area contributed by atoms with Crippen LogP contribution in [0.4, 0.5) is 17.6 Å². The Morgan fingerprint density at radius 1 is 1.22 bits per heavy atom. The van der Waals surface area contributed by atoms with Crippen LogP contribution in [-0.2, 0) is 6.18 Å². The van der Waals surface area contributed by atoms with Gasteiger partial charge in [0.05, 0.1) is 0 Å². The first kappa shape index (κ1) is 12.2. The number of hydrogen-bond acceptors (Lipinski definition) is 3. The van der Waals surface area contributed by atoms with E-state index in [2.05, 4.69) is 10.3 Å². The summed E-state index contributed by atoms with van der Waals surface area (Å²) in [5, 5.41) is 6.24. The van der Waals surface area contributed by atoms with E-state index >= 15 is 0 Å². The Morgan fingerprint density at radius 3 is 2.44 bits per heavy atom. The summed E-state index contributed by atoms with van der Waals surface area (Å²) in [5.74, 6) is -0.898. The van der Waals surface area contributed by atoms with E-state index in [4.69, 9.17) is 0 Å². The Hall–Kier alpha value is -2.25. The lowest BCUT2D eigenvalue weighted by atomic mass is 10.2. The smallest absolute Gasteiger partial charge is 0.296 e. The standard InChI is InChI=1S/C10H5F4N3O/c11-6-3-1-2-4-8(6)17-9(10(12,13)14)7(5-18)15-16-17/h1-5H. The SMILES string of the molecule is O=Cc1nnn(-c2ccccc2F)c1C(F)(F)F. The molecule has 0 bridgehead atoms. The fourth-order valence-corrected chi connectivity index (χ4v) is 1.43. The molecule has 1 aromatic carbocycles. The van der Waals surface area contributed by atoms with E-state index in [1.54, 1.807) is 0 Å². The van der Waals surface area contributed by atoms with Gasteiger partial charge in [-0.25, -0.2) is 9.07 Å². The van der Waals surface area contributed by atoms with Crippen molar-refractivity contribution in [2.75, 3.05) is 0 Å². The van der Waals surface area contributed by atoms with Gasteiger partial charge in [0, 0.05) is 0 Å². The molecule has 1 heterocycles. The fourth-order valence-electron chi connectivity index (χ4n) is 1.43. The largest absolute Gasteiger partial charge is 0.435 e. The maximum atomic E-state index is 13.4. The molecule has 1 aromatic heterocycles. The third-order valence-corrected chi connectivity index (χ3v) is 2.16. The van der Waals surface area contributed by atoms with Crippen molar-refractivity contribution in [1.29, 1.82) is 0 Å². The van der Waals surface area contributed by atoms with Crippen molar-refractivity contribution in [3.8, 4) is 5.69 Å². The Kier molecular flexibility index (Phi) is 2.85. The second-order valence-corrected chi connectivity index (χ2v) is 3.30. The minimum atomic E-state index is -4.86. The number of carbonyl (C=O) groups is 1. The molecule has 94 valence electrons. The number of aldehydes is 1. The maximum absolute atomic E-state index is 13.4. The number of nitrogens with zero attached hydrogens (tertiary/aromatic N) is 3. The highest BCUT2D eigenvalue weighted by atomic mass is 19.4. The van der Waals surface area contributed by atoms with E-state index in [0.717, 1.165) is 12.1 Å². The molecule has 4 nitrogen and oxygen atoms in total. The van der Waals surface area contributed by atoms with E-state index in [-0.39, 0.29) is 11.0 Å². The van der Waals surface area contributed by atoms with E-state index in [0.29, 0.717) is 0 Å². The van der Waals surface area contributed by atoms with Crippen LogP contribution in [-0.4, -0.2) is 21.3 Å². The molecule has 2 aromatic rings. The van der Waals surface area contributed by atoms with Gasteiger partial charge in [0.25, 0.3) is 0 Å². The quantitative estimate of drug-likeness (QED) is 0.613. The summed E-state index contributed by atoms with van der Waals surface area (Å²) < 4.78 is 52.0. The second-order valence-electron chi connectivity index (χ2n) is 3.30. The zero-order valence-corrected chi connectivity index (χ0v) is 8.65. The lowest BCUT2D eigenvalue weighted by Gasteiger charge is -2.10. The number of carbonyl (C=O) groups excluding carboxylic acids is 1. The van der Waals surface area contributed by atoms with Crippen molar-refractivity contribution in [3.05, 3.63) is 41.5 Å². The first-order valence-electron chi connectivity index (χ1n) is 4.68. The third kappa shape index (κ3) is 1.96. The minimum Gasteiger partial charge on any atom is -0.296 e. The summed E-state index contributed by atoms with van der Waals surface area (Å²) >= 11 is 0. The lowest BCUT2D eigenvalue weighted by molar-refractivity contribution is -0.143. The van der Waals surface area contributed by atoms with Crippen LogP contribution in [0.15, 0.2) is 24.3 Å². The van der Waals surface area contributed by atoms with Crippen molar-refractivity contribution in [2.45, 2.75) is 6.18 Å². The molecule has 2 rings (SSSR count). The average molecular weight is 259 g/mol. The summed E-state index contributed by atoms with van der Waals surface area (Å²) in [6, 6.07) is 4.76. The van der Waals surface area contributed by atoms with Crippen LogP contribution < -0.4 is 0 Å². The van der Waals surface area contributed by atoms with Crippen LogP contribution in [0.5, 0.6) is 0 Å². The molecule has 0 saturated heterocycles. The van der Waals surface area contributed by atoms with Gasteiger partial charge in [-0.05, 0) is 12.1 Å². The number of aromatic nitrogens is 3. The van der Waals surface area contributed by atoms with Crippen LogP contribution in [0, 0.1) is 5.82 Å². The van der Waals surface area contributed by atoms with Gasteiger partial charge in [0.15, 0.2) is 17.7 Å². The zero-order chi connectivity index (χ0) is 13.3. The summed E-state index contributed by atoms with van der Waals surface area (Å²) in [6.45, 7) is 0. The molecule has 0 amide bonds. The number of halogens is 4. The number of benzene rings is 1. The Balaban J connectivity index is 2.70. The second kappa shape index (κ2) is 4.21. The highest BCUT2D eigenvalue weighted by Crippen LogP contribution is 2.32. The minimum absolute atomic E-state index is 0.0762. The highest BCUT2D eigenvalue weighted by molar-refractivity contribution is 5.73. The van der Waals surface area contributed by atoms with Gasteiger partial charge >= 0.3 is 6.18 Å². The predicted molar refractivity (Wildman–Crippen MR) is 51.7 cm³/mol. The molecule has 0 aliphatic rings. The molecular formula is C10H5F4N3O. The molecule has 8 heteroatoms. The lowest BCUT2D eigenvalue weighted by Crippen LogP contribution is -2.16. The molecule has 0 aliphatic carbocycles. The van der Waals surface area contributed by atoms with Crippen molar-refractivity contribution in [1.82, 2.24) is 15.0 Å². The molecule has 0 unspecified atom stereocenters. The van der Waals surface area contributed by atoms with Gasteiger partial charge in [-0.2, -0.15) is 13.2 Å². The molecule has 0 saturated carbocycles. The van der Waals surface area contributed by atoms with Gasteiger partial charge in [0.1, 0.15) is 11.5 Å². The predicted octanol–water partition coefficient (Wildman–Crippen LogP) is 2.24. The van der Waals surface area contributed by atoms with Gasteiger partial charge in [-0.3, -0.25) is 4.79 Å². The topological polar surface area (TPSA) is 47.8 Å². The van der Waals surface area contributed by atoms with Gasteiger partial charge in [-0.15, -0.1) is 5.10 Å². The Morgan fingerprint density at radius 2 is 1.89 bits per heavy atom. The van der Waals surface area contributed by atoms with E-state index < -0.39 is 29.1 Å². The Bertz CT molecular complexity index is 591. The molecule has 0 radical (unpaired) electrons. The van der Waals surface area contributed by atoms with Gasteiger partial charge in [-0.1, -0.05) is 17.3 Å². The number of rotatable bonds is 2. The molecular weight excluding hydrogens is 254 g/mol. The number of hydrogen-bond donors (Lipinski definition) is 0. The summed E-state index contributed by atoms with van der Waals surface area (Å²) in [6.07, 6.45) is -4.94. The number of para-hydroxylation sites is 1. The molecule has 18 heavy (non-hydrogen) atoms. The van der Waals surface area contributed by atoms with E-state index in [1.807, 2.05) is 0 Å². The van der Waals surface area contributed by atoms with Crippen molar-refractivity contribution in [3.63, 3.8) is 0 Å². The summed E-state index contributed by atoms with van der Waals surface area (Å²) in [7, 11) is 0. The monoisotopic (exact) mass is 259 g/mol. The van der Waals surface area contributed by atoms with Crippen molar-refractivity contribution < 1.29 is 22.4 Å². The number of alkyl halides is 3. The van der Waals surface area contributed by atoms with Crippen LogP contribution in [0.25, 0.3) is 5.69 Å². The summed E-state index contributed by atoms with van der Waals surface area (Å²) in [4.78, 5) is 10.5. The van der Waals surface area contributed by atoms with Crippen molar-refractivity contribution in [2.24, 2.45) is 0 Å². The average Bonchev–Trinajstić information content (AvgIpc) is 2.73. The fraction of sp³-hybridized carbons (Fsp3) is 0.100. The Labute approximate surface area is 97.8 Å². The van der Waals surface area contributed by atoms with E-state index in [1.165, 1.54) is 12.1 Å². The van der Waals surface area contributed by atoms with Crippen LogP contribution >= 0.6 is 0 Å². The molecule has 0 N–H and O–H groups in total. The maximum Gasteiger partial charge on any atom is 0.435 e. The first-order valence-corrected chi connectivity index (χ1v) is 4.68. The van der Waals surface area contributed by atoms with Crippen LogP contribution in [0.1, 0.15) is 16.2 Å². The third-order valence-electron chi connectivity index (χ3n) is 2.16. The van der Waals surface area contributed by atoms with Gasteiger partial charge < -0.3 is 0 Å². The van der Waals surface area contributed by atoms with Gasteiger partial charge in [0.2, 0.25) is 0 Å². The molecule has 0 aliphatic heterocycles. The summed E-state index contributed by atoms with van der Waals surface area (Å²) in [5.41, 5.74) is -2.71. The van der Waals surface area contributed by atoms with Crippen LogP contribution in [0.2, 0.25) is 0 Å². The zero-order valence-electron chi connectivity index (χ0n) is 8.65. The molecule has 0 fully saturated rings. The highest BCUT2D eigenvalue weighted by Gasteiger charge is 2.40. The normalized spacial score (nSPS) is 11.6. The van der Waals surface area contributed by atoms with E-state index in [9.17, 15) is 22.4 Å². The molecule has 0 atom stereocenters. The van der Waals surface area contributed by atoms with Crippen molar-refractivity contribution >= 4 is 6.29 Å².